The van der Waals surface area contributed by atoms with Crippen LogP contribution < -0.4 is 16.2 Å². The lowest BCUT2D eigenvalue weighted by atomic mass is 10.1. The molecule has 0 saturated heterocycles. The van der Waals surface area contributed by atoms with Gasteiger partial charge in [-0.25, -0.2) is 23.7 Å². The summed E-state index contributed by atoms with van der Waals surface area (Å²) < 4.78 is 18.2. The van der Waals surface area contributed by atoms with Gasteiger partial charge >= 0.3 is 0 Å². The Kier molecular flexibility index (Phi) is 4.42. The van der Waals surface area contributed by atoms with Crippen molar-refractivity contribution in [1.29, 1.82) is 0 Å². The highest BCUT2D eigenvalue weighted by Gasteiger charge is 2.31. The third-order valence-electron chi connectivity index (χ3n) is 6.33. The Hall–Kier alpha value is -3.52. The van der Waals surface area contributed by atoms with Crippen molar-refractivity contribution >= 4 is 22.4 Å². The van der Waals surface area contributed by atoms with E-state index in [4.69, 9.17) is 0 Å². The lowest BCUT2D eigenvalue weighted by Gasteiger charge is -2.17. The number of hydrogen-bond donors (Lipinski definition) is 2. The molecule has 2 N–H and O–H groups in total. The zero-order valence-corrected chi connectivity index (χ0v) is 18.6. The van der Waals surface area contributed by atoms with E-state index in [0.29, 0.717) is 28.2 Å². The monoisotopic (exact) mass is 444 g/mol. The molecule has 3 aromatic heterocycles. The summed E-state index contributed by atoms with van der Waals surface area (Å²) in [5.41, 5.74) is 2.87. The van der Waals surface area contributed by atoms with Crippen LogP contribution in [0.5, 0.6) is 0 Å². The van der Waals surface area contributed by atoms with Gasteiger partial charge in [0.1, 0.15) is 11.5 Å². The van der Waals surface area contributed by atoms with Crippen molar-refractivity contribution in [2.24, 2.45) is 0 Å². The van der Waals surface area contributed by atoms with Crippen LogP contribution in [0.3, 0.4) is 0 Å². The smallest absolute Gasteiger partial charge is 0.276 e. The van der Waals surface area contributed by atoms with Crippen molar-refractivity contribution in [2.45, 2.75) is 51.5 Å². The van der Waals surface area contributed by atoms with E-state index in [9.17, 15) is 9.18 Å². The molecule has 168 valence electrons. The molecule has 1 aliphatic heterocycles. The summed E-state index contributed by atoms with van der Waals surface area (Å²) >= 11 is 0. The van der Waals surface area contributed by atoms with Gasteiger partial charge in [-0.15, -0.1) is 0 Å². The Bertz CT molecular complexity index is 1440. The summed E-state index contributed by atoms with van der Waals surface area (Å²) in [5.74, 6) is 1.16. The third kappa shape index (κ3) is 3.51. The van der Waals surface area contributed by atoms with Gasteiger partial charge in [0, 0.05) is 31.0 Å². The Morgan fingerprint density at radius 3 is 2.73 bits per heavy atom. The van der Waals surface area contributed by atoms with E-state index in [1.165, 1.54) is 25.0 Å². The minimum absolute atomic E-state index is 0.0955. The molecule has 1 aromatic carbocycles. The number of rotatable bonds is 5. The fraction of sp³-hybridized carbons (Fsp3) is 0.320. The molecule has 0 unspecified atom stereocenters. The average Bonchev–Trinajstić information content (AvgIpc) is 3.45. The van der Waals surface area contributed by atoms with E-state index in [0.717, 1.165) is 31.6 Å². The van der Waals surface area contributed by atoms with Gasteiger partial charge in [-0.05, 0) is 62.1 Å². The van der Waals surface area contributed by atoms with Crippen LogP contribution >= 0.6 is 0 Å². The normalized spacial score (nSPS) is 15.7. The van der Waals surface area contributed by atoms with Gasteiger partial charge in [-0.3, -0.25) is 4.79 Å². The predicted molar refractivity (Wildman–Crippen MR) is 126 cm³/mol. The number of nitrogens with one attached hydrogen (secondary N) is 2. The second-order valence-electron chi connectivity index (χ2n) is 9.34. The SMILES string of the molecule is CC(C)(F)c1cccc(-n2c3cc(Nc4ccc5c(c4)CNC5)ncc3c(=O)n2C2CC2)n1. The predicted octanol–water partition coefficient (Wildman–Crippen LogP) is 4.47. The lowest BCUT2D eigenvalue weighted by molar-refractivity contribution is 0.214. The molecule has 0 radical (unpaired) electrons. The highest BCUT2D eigenvalue weighted by atomic mass is 19.1. The molecule has 1 aliphatic carbocycles. The second-order valence-corrected chi connectivity index (χ2v) is 9.34. The molecule has 1 fully saturated rings. The van der Waals surface area contributed by atoms with E-state index in [1.54, 1.807) is 23.0 Å². The van der Waals surface area contributed by atoms with Crippen molar-refractivity contribution in [3.63, 3.8) is 0 Å². The zero-order valence-electron chi connectivity index (χ0n) is 18.6. The first-order chi connectivity index (χ1) is 15.9. The molecule has 0 atom stereocenters. The van der Waals surface area contributed by atoms with Crippen LogP contribution in [0.2, 0.25) is 0 Å². The van der Waals surface area contributed by atoms with Gasteiger partial charge in [-0.1, -0.05) is 12.1 Å². The summed E-state index contributed by atoms with van der Waals surface area (Å²) in [6.07, 6.45) is 3.49. The average molecular weight is 445 g/mol. The molecule has 7 nitrogen and oxygen atoms in total. The van der Waals surface area contributed by atoms with Crippen LogP contribution in [0.1, 0.15) is 49.6 Å². The Morgan fingerprint density at radius 1 is 1.12 bits per heavy atom. The number of fused-ring (bicyclic) bond motifs is 2. The lowest BCUT2D eigenvalue weighted by Crippen LogP contribution is -2.22. The van der Waals surface area contributed by atoms with Crippen LogP contribution in [-0.2, 0) is 18.8 Å². The first kappa shape index (κ1) is 20.1. The Balaban J connectivity index is 1.48. The number of nitrogens with zero attached hydrogens (tertiary/aromatic N) is 4. The number of aromatic nitrogens is 4. The maximum Gasteiger partial charge on any atom is 0.276 e. The standard InChI is InChI=1S/C25H25FN6O/c1-25(2,26)21-4-3-5-23(30-21)32-20-11-22(28-14-19(20)24(33)31(32)18-8-9-18)29-17-7-6-15-12-27-13-16(15)10-17/h3-7,10-11,14,18,27H,8-9,12-13H2,1-2H3,(H,28,29). The van der Waals surface area contributed by atoms with Gasteiger partial charge in [0.2, 0.25) is 0 Å². The molecular formula is C25H25FN6O. The number of alkyl halides is 1. The quantitative estimate of drug-likeness (QED) is 0.475. The highest BCUT2D eigenvalue weighted by Crippen LogP contribution is 2.36. The van der Waals surface area contributed by atoms with Crippen LogP contribution in [0, 0.1) is 0 Å². The third-order valence-corrected chi connectivity index (χ3v) is 6.33. The largest absolute Gasteiger partial charge is 0.340 e. The number of halogens is 1. The molecule has 4 aromatic rings. The van der Waals surface area contributed by atoms with Crippen LogP contribution in [0.15, 0.2) is 53.5 Å². The van der Waals surface area contributed by atoms with Crippen molar-refractivity contribution in [3.05, 3.63) is 75.8 Å². The minimum atomic E-state index is -1.58. The second kappa shape index (κ2) is 7.25. The first-order valence-corrected chi connectivity index (χ1v) is 11.3. The van der Waals surface area contributed by atoms with Crippen molar-refractivity contribution in [1.82, 2.24) is 24.6 Å². The minimum Gasteiger partial charge on any atom is -0.340 e. The highest BCUT2D eigenvalue weighted by molar-refractivity contribution is 5.82. The van der Waals surface area contributed by atoms with E-state index >= 15 is 0 Å². The number of hydrogen-bond acceptors (Lipinski definition) is 5. The zero-order chi connectivity index (χ0) is 22.7. The fourth-order valence-electron chi connectivity index (χ4n) is 4.46. The summed E-state index contributed by atoms with van der Waals surface area (Å²) in [6.45, 7) is 4.72. The Labute approximate surface area is 190 Å². The van der Waals surface area contributed by atoms with E-state index in [-0.39, 0.29) is 11.6 Å². The molecule has 33 heavy (non-hydrogen) atoms. The first-order valence-electron chi connectivity index (χ1n) is 11.3. The van der Waals surface area contributed by atoms with Crippen LogP contribution in [0.25, 0.3) is 16.7 Å². The summed E-state index contributed by atoms with van der Waals surface area (Å²) in [6, 6.07) is 13.5. The molecule has 0 spiro atoms. The van der Waals surface area contributed by atoms with Gasteiger partial charge in [0.05, 0.1) is 22.6 Å². The van der Waals surface area contributed by atoms with Crippen molar-refractivity contribution in [3.8, 4) is 5.82 Å². The summed E-state index contributed by atoms with van der Waals surface area (Å²) in [4.78, 5) is 22.3. The van der Waals surface area contributed by atoms with Gasteiger partial charge < -0.3 is 10.6 Å². The van der Waals surface area contributed by atoms with Gasteiger partial charge in [0.15, 0.2) is 5.82 Å². The summed E-state index contributed by atoms with van der Waals surface area (Å²) in [5, 5.41) is 7.25. The molecule has 0 bridgehead atoms. The molecule has 8 heteroatoms. The number of anilines is 2. The maximum atomic E-state index is 14.6. The summed E-state index contributed by atoms with van der Waals surface area (Å²) in [7, 11) is 0. The molecule has 4 heterocycles. The van der Waals surface area contributed by atoms with Crippen molar-refractivity contribution < 1.29 is 4.39 Å². The van der Waals surface area contributed by atoms with Crippen molar-refractivity contribution in [2.75, 3.05) is 5.32 Å². The molecule has 1 saturated carbocycles. The molecular weight excluding hydrogens is 419 g/mol. The van der Waals surface area contributed by atoms with Gasteiger partial charge in [-0.2, -0.15) is 0 Å². The molecule has 6 rings (SSSR count). The Morgan fingerprint density at radius 2 is 1.94 bits per heavy atom. The van der Waals surface area contributed by atoms with E-state index in [2.05, 4.69) is 32.7 Å². The maximum absolute atomic E-state index is 14.6. The van der Waals surface area contributed by atoms with Gasteiger partial charge in [0.25, 0.3) is 5.56 Å². The van der Waals surface area contributed by atoms with Crippen LogP contribution in [0.4, 0.5) is 15.9 Å². The fourth-order valence-corrected chi connectivity index (χ4v) is 4.46. The topological polar surface area (TPSA) is 76.8 Å². The van der Waals surface area contributed by atoms with Crippen LogP contribution in [-0.4, -0.2) is 19.3 Å². The van der Waals surface area contributed by atoms with E-state index < -0.39 is 5.67 Å². The number of benzene rings is 1. The molecule has 2 aliphatic rings. The van der Waals surface area contributed by atoms with E-state index in [1.807, 2.05) is 22.9 Å². The molecule has 0 amide bonds. The number of pyridine rings is 2.